The van der Waals surface area contributed by atoms with Crippen LogP contribution in [0.3, 0.4) is 0 Å². The van der Waals surface area contributed by atoms with Gasteiger partial charge in [-0.1, -0.05) is 30.3 Å². The summed E-state index contributed by atoms with van der Waals surface area (Å²) in [6, 6.07) is 18.1. The van der Waals surface area contributed by atoms with Crippen molar-refractivity contribution in [3.8, 4) is 28.8 Å². The molecule has 4 rings (SSSR count). The lowest BCUT2D eigenvalue weighted by Crippen LogP contribution is -1.99. The summed E-state index contributed by atoms with van der Waals surface area (Å²) >= 11 is 0. The number of benzene rings is 2. The van der Waals surface area contributed by atoms with Gasteiger partial charge in [0.25, 0.3) is 5.88 Å². The van der Waals surface area contributed by atoms with Crippen molar-refractivity contribution >= 4 is 11.0 Å². The third-order valence-electron chi connectivity index (χ3n) is 3.79. The van der Waals surface area contributed by atoms with Crippen LogP contribution in [0.25, 0.3) is 22.1 Å². The first-order chi connectivity index (χ1) is 12.7. The highest BCUT2D eigenvalue weighted by Crippen LogP contribution is 2.31. The van der Waals surface area contributed by atoms with E-state index in [4.69, 9.17) is 14.4 Å². The maximum atomic E-state index is 12.0. The van der Waals surface area contributed by atoms with Crippen LogP contribution in [0.2, 0.25) is 0 Å². The molecule has 0 aliphatic rings. The fourth-order valence-electron chi connectivity index (χ4n) is 2.65. The molecule has 0 unspecified atom stereocenters. The van der Waals surface area contributed by atoms with Gasteiger partial charge < -0.3 is 9.15 Å². The maximum absolute atomic E-state index is 12.0. The minimum Gasteiger partial charge on any atom is -0.436 e. The average Bonchev–Trinajstić information content (AvgIpc) is 2.68. The second-order valence-electron chi connectivity index (χ2n) is 5.43. The Morgan fingerprint density at radius 3 is 2.62 bits per heavy atom. The normalized spacial score (nSPS) is 10.4. The quantitative estimate of drug-likeness (QED) is 0.525. The summed E-state index contributed by atoms with van der Waals surface area (Å²) < 4.78 is 11.0. The molecule has 4 aromatic rings. The Hall–Kier alpha value is -3.98. The molecule has 0 saturated heterocycles. The lowest BCUT2D eigenvalue weighted by atomic mass is 10.0. The van der Waals surface area contributed by atoms with Gasteiger partial charge in [0.15, 0.2) is 0 Å². The first-order valence-electron chi connectivity index (χ1n) is 7.77. The van der Waals surface area contributed by atoms with Crippen molar-refractivity contribution in [3.05, 3.63) is 83.1 Å². The van der Waals surface area contributed by atoms with Crippen LogP contribution in [0.15, 0.2) is 76.2 Å². The molecule has 6 heteroatoms. The highest BCUT2D eigenvalue weighted by atomic mass is 16.5. The van der Waals surface area contributed by atoms with E-state index >= 15 is 0 Å². The topological polar surface area (TPSA) is 89.0 Å². The molecule has 0 fully saturated rings. The van der Waals surface area contributed by atoms with Gasteiger partial charge >= 0.3 is 5.63 Å². The maximum Gasteiger partial charge on any atom is 0.336 e. The molecule has 124 valence electrons. The minimum absolute atomic E-state index is 0.0760. The minimum atomic E-state index is -0.453. The number of hydrogen-bond donors (Lipinski definition) is 0. The van der Waals surface area contributed by atoms with E-state index in [1.807, 2.05) is 36.4 Å². The van der Waals surface area contributed by atoms with E-state index < -0.39 is 5.63 Å². The average molecular weight is 341 g/mol. The van der Waals surface area contributed by atoms with Crippen LogP contribution in [0, 0.1) is 11.3 Å². The van der Waals surface area contributed by atoms with Gasteiger partial charge in [-0.15, -0.1) is 0 Å². The smallest absolute Gasteiger partial charge is 0.336 e. The number of nitrogens with zero attached hydrogens (tertiary/aromatic N) is 3. The molecule has 2 heterocycles. The summed E-state index contributed by atoms with van der Waals surface area (Å²) in [6.07, 6.45) is 2.85. The fraction of sp³-hybridized carbons (Fsp3) is 0. The van der Waals surface area contributed by atoms with E-state index in [0.29, 0.717) is 11.3 Å². The molecule has 0 aliphatic heterocycles. The summed E-state index contributed by atoms with van der Waals surface area (Å²) in [7, 11) is 0. The van der Waals surface area contributed by atoms with Gasteiger partial charge in [0.2, 0.25) is 5.69 Å². The summed E-state index contributed by atoms with van der Waals surface area (Å²) in [5.74, 6) is 0.485. The Balaban J connectivity index is 1.81. The SMILES string of the molecule is N#Cc1nccnc1Oc1ccc2c(-c3ccccc3)cc(=O)oc2c1. The van der Waals surface area contributed by atoms with E-state index in [1.165, 1.54) is 18.5 Å². The van der Waals surface area contributed by atoms with Crippen molar-refractivity contribution in [2.24, 2.45) is 0 Å². The molecule has 0 radical (unpaired) electrons. The van der Waals surface area contributed by atoms with Crippen LogP contribution >= 0.6 is 0 Å². The molecule has 0 atom stereocenters. The fourth-order valence-corrected chi connectivity index (χ4v) is 2.65. The van der Waals surface area contributed by atoms with Gasteiger partial charge in [-0.25, -0.2) is 14.8 Å². The first-order valence-corrected chi connectivity index (χ1v) is 7.77. The van der Waals surface area contributed by atoms with Gasteiger partial charge in [-0.2, -0.15) is 5.26 Å². The van der Waals surface area contributed by atoms with Gasteiger partial charge in [0.1, 0.15) is 17.4 Å². The van der Waals surface area contributed by atoms with Crippen molar-refractivity contribution in [2.75, 3.05) is 0 Å². The molecule has 6 nitrogen and oxygen atoms in total. The Morgan fingerprint density at radius 1 is 1.00 bits per heavy atom. The number of aromatic nitrogens is 2. The van der Waals surface area contributed by atoms with Gasteiger partial charge in [0, 0.05) is 29.9 Å². The van der Waals surface area contributed by atoms with E-state index in [9.17, 15) is 4.79 Å². The molecular weight excluding hydrogens is 330 g/mol. The van der Waals surface area contributed by atoms with Crippen molar-refractivity contribution in [3.63, 3.8) is 0 Å². The van der Waals surface area contributed by atoms with Crippen LogP contribution in [-0.2, 0) is 0 Å². The van der Waals surface area contributed by atoms with Gasteiger partial charge in [0.05, 0.1) is 0 Å². The van der Waals surface area contributed by atoms with Gasteiger partial charge in [-0.05, 0) is 23.3 Å². The Kier molecular flexibility index (Phi) is 3.88. The number of hydrogen-bond acceptors (Lipinski definition) is 6. The van der Waals surface area contributed by atoms with E-state index in [-0.39, 0.29) is 11.6 Å². The van der Waals surface area contributed by atoms with Crippen LogP contribution in [0.4, 0.5) is 0 Å². The summed E-state index contributed by atoms with van der Waals surface area (Å²) in [6.45, 7) is 0. The molecule has 0 bridgehead atoms. The molecule has 0 saturated carbocycles. The third kappa shape index (κ3) is 2.89. The van der Waals surface area contributed by atoms with Crippen LogP contribution in [0.1, 0.15) is 5.69 Å². The van der Waals surface area contributed by atoms with Crippen LogP contribution in [-0.4, -0.2) is 9.97 Å². The summed E-state index contributed by atoms with van der Waals surface area (Å²) in [5, 5.41) is 9.86. The number of ether oxygens (including phenoxy) is 1. The molecular formula is C20H11N3O3. The Morgan fingerprint density at radius 2 is 1.81 bits per heavy atom. The molecule has 0 amide bonds. The molecule has 0 spiro atoms. The predicted octanol–water partition coefficient (Wildman–Crippen LogP) is 3.91. The lowest BCUT2D eigenvalue weighted by Gasteiger charge is -2.08. The predicted molar refractivity (Wildman–Crippen MR) is 94.7 cm³/mol. The van der Waals surface area contributed by atoms with Crippen molar-refractivity contribution in [2.45, 2.75) is 0 Å². The van der Waals surface area contributed by atoms with E-state index in [0.717, 1.165) is 16.5 Å². The monoisotopic (exact) mass is 341 g/mol. The molecule has 26 heavy (non-hydrogen) atoms. The van der Waals surface area contributed by atoms with Crippen molar-refractivity contribution in [1.29, 1.82) is 5.26 Å². The molecule has 2 aromatic carbocycles. The van der Waals surface area contributed by atoms with Crippen LogP contribution in [0.5, 0.6) is 11.6 Å². The molecule has 2 aromatic heterocycles. The van der Waals surface area contributed by atoms with Crippen molar-refractivity contribution < 1.29 is 9.15 Å². The zero-order valence-electron chi connectivity index (χ0n) is 13.4. The Bertz CT molecular complexity index is 1190. The molecule has 0 aliphatic carbocycles. The largest absolute Gasteiger partial charge is 0.436 e. The zero-order chi connectivity index (χ0) is 17.9. The van der Waals surface area contributed by atoms with Gasteiger partial charge in [-0.3, -0.25) is 0 Å². The lowest BCUT2D eigenvalue weighted by molar-refractivity contribution is 0.456. The van der Waals surface area contributed by atoms with E-state index in [2.05, 4.69) is 9.97 Å². The third-order valence-corrected chi connectivity index (χ3v) is 3.79. The highest BCUT2D eigenvalue weighted by Gasteiger charge is 2.11. The standard InChI is InChI=1S/C20H11N3O3/c21-12-17-20(23-9-8-22-17)25-14-6-7-15-16(13-4-2-1-3-5-13)11-19(24)26-18(15)10-14/h1-11H. The zero-order valence-corrected chi connectivity index (χ0v) is 13.4. The van der Waals surface area contributed by atoms with E-state index in [1.54, 1.807) is 18.2 Å². The summed E-state index contributed by atoms with van der Waals surface area (Å²) in [4.78, 5) is 19.9. The first kappa shape index (κ1) is 15.5. The van der Waals surface area contributed by atoms with Crippen molar-refractivity contribution in [1.82, 2.24) is 9.97 Å². The Labute approximate surface area is 148 Å². The second kappa shape index (κ2) is 6.49. The number of fused-ring (bicyclic) bond motifs is 1. The number of nitriles is 1. The summed E-state index contributed by atoms with van der Waals surface area (Å²) in [5.41, 5.74) is 1.70. The number of rotatable bonds is 3. The van der Waals surface area contributed by atoms with Crippen LogP contribution < -0.4 is 10.4 Å². The highest BCUT2D eigenvalue weighted by molar-refractivity contribution is 5.93. The second-order valence-corrected chi connectivity index (χ2v) is 5.43. The molecule has 0 N–H and O–H groups in total.